The molecule has 0 aliphatic carbocycles. The summed E-state index contributed by atoms with van der Waals surface area (Å²) in [5.74, 6) is 1.09. The highest BCUT2D eigenvalue weighted by atomic mass is 32.2. The summed E-state index contributed by atoms with van der Waals surface area (Å²) in [5.41, 5.74) is 5.41. The zero-order valence-corrected chi connectivity index (χ0v) is 10.2. The van der Waals surface area contributed by atoms with Crippen molar-refractivity contribution in [3.8, 4) is 0 Å². The van der Waals surface area contributed by atoms with Crippen LogP contribution in [0.25, 0.3) is 0 Å². The first-order valence-corrected chi connectivity index (χ1v) is 6.24. The molecule has 1 heterocycles. The molecule has 0 radical (unpaired) electrons. The molecule has 0 bridgehead atoms. The third kappa shape index (κ3) is 3.66. The highest BCUT2D eigenvalue weighted by molar-refractivity contribution is 8.00. The summed E-state index contributed by atoms with van der Waals surface area (Å²) in [6, 6.07) is 0. The lowest BCUT2D eigenvalue weighted by atomic mass is 10.1. The van der Waals surface area contributed by atoms with E-state index in [2.05, 4.69) is 12.2 Å². The molecule has 1 rings (SSSR count). The van der Waals surface area contributed by atoms with Crippen molar-refractivity contribution < 1.29 is 9.53 Å². The summed E-state index contributed by atoms with van der Waals surface area (Å²) in [4.78, 5) is 11.6. The molecule has 3 N–H and O–H groups in total. The van der Waals surface area contributed by atoms with Gasteiger partial charge in [-0.05, 0) is 25.5 Å². The number of hydrogen-bond acceptors (Lipinski definition) is 4. The summed E-state index contributed by atoms with van der Waals surface area (Å²) in [7, 11) is 1.50. The predicted octanol–water partition coefficient (Wildman–Crippen LogP) is 0.362. The third-order valence-corrected chi connectivity index (χ3v) is 4.27. The number of carbonyl (C=O) groups excluding carboxylic acids is 1. The molecule has 1 aliphatic heterocycles. The van der Waals surface area contributed by atoms with Gasteiger partial charge in [-0.1, -0.05) is 0 Å². The van der Waals surface area contributed by atoms with Crippen LogP contribution in [0.1, 0.15) is 19.8 Å². The maximum absolute atomic E-state index is 11.6. The summed E-state index contributed by atoms with van der Waals surface area (Å²) < 4.78 is 5.16. The summed E-state index contributed by atoms with van der Waals surface area (Å²) in [5, 5.41) is 2.90. The van der Waals surface area contributed by atoms with Crippen molar-refractivity contribution in [3.63, 3.8) is 0 Å². The largest absolute Gasteiger partial charge is 0.370 e. The predicted molar refractivity (Wildman–Crippen MR) is 63.0 cm³/mol. The summed E-state index contributed by atoms with van der Waals surface area (Å²) in [6.07, 6.45) is 1.89. The third-order valence-electron chi connectivity index (χ3n) is 2.73. The van der Waals surface area contributed by atoms with Crippen LogP contribution in [0.4, 0.5) is 0 Å². The number of thioether (sulfide) groups is 1. The maximum atomic E-state index is 11.6. The van der Waals surface area contributed by atoms with Gasteiger partial charge in [0.2, 0.25) is 5.91 Å². The zero-order chi connectivity index (χ0) is 11.3. The van der Waals surface area contributed by atoms with Crippen LogP contribution in [-0.4, -0.2) is 42.7 Å². The van der Waals surface area contributed by atoms with E-state index in [-0.39, 0.29) is 17.2 Å². The number of methoxy groups -OCH3 is 1. The molecule has 0 aromatic rings. The fraction of sp³-hybridized carbons (Fsp3) is 0.900. The van der Waals surface area contributed by atoms with Crippen LogP contribution < -0.4 is 11.1 Å². The Morgan fingerprint density at radius 3 is 2.93 bits per heavy atom. The molecule has 4 nitrogen and oxygen atoms in total. The average Bonchev–Trinajstić information content (AvgIpc) is 2.65. The number of nitrogens with two attached hydrogens (primary N) is 1. The van der Waals surface area contributed by atoms with E-state index in [1.807, 2.05) is 11.8 Å². The molecule has 2 unspecified atom stereocenters. The van der Waals surface area contributed by atoms with Gasteiger partial charge in [0.1, 0.15) is 6.10 Å². The fourth-order valence-corrected chi connectivity index (χ4v) is 2.92. The second-order valence-electron chi connectivity index (χ2n) is 4.08. The van der Waals surface area contributed by atoms with Gasteiger partial charge < -0.3 is 15.8 Å². The van der Waals surface area contributed by atoms with Crippen molar-refractivity contribution in [2.75, 3.05) is 26.0 Å². The van der Waals surface area contributed by atoms with E-state index in [4.69, 9.17) is 10.5 Å². The molecule has 0 aromatic carbocycles. The quantitative estimate of drug-likeness (QED) is 0.718. The lowest BCUT2D eigenvalue weighted by Gasteiger charge is -2.24. The zero-order valence-electron chi connectivity index (χ0n) is 9.41. The van der Waals surface area contributed by atoms with Gasteiger partial charge in [0, 0.05) is 24.9 Å². The van der Waals surface area contributed by atoms with Gasteiger partial charge in [0.15, 0.2) is 0 Å². The molecule has 0 aromatic heterocycles. The maximum Gasteiger partial charge on any atom is 0.250 e. The van der Waals surface area contributed by atoms with E-state index in [1.165, 1.54) is 19.3 Å². The summed E-state index contributed by atoms with van der Waals surface area (Å²) >= 11 is 1.93. The second kappa shape index (κ2) is 5.72. The van der Waals surface area contributed by atoms with Gasteiger partial charge in [-0.2, -0.15) is 11.8 Å². The Kier molecular flexibility index (Phi) is 4.89. The Labute approximate surface area is 95.3 Å². The molecule has 15 heavy (non-hydrogen) atoms. The van der Waals surface area contributed by atoms with Crippen molar-refractivity contribution in [2.45, 2.75) is 30.6 Å². The number of carbonyl (C=O) groups is 1. The van der Waals surface area contributed by atoms with Crippen molar-refractivity contribution >= 4 is 17.7 Å². The molecular weight excluding hydrogens is 212 g/mol. The highest BCUT2D eigenvalue weighted by Crippen LogP contribution is 2.36. The SMILES string of the molecule is COC(CN)C(=O)NCC1(C)CCCS1. The van der Waals surface area contributed by atoms with Gasteiger partial charge in [-0.15, -0.1) is 0 Å². The number of ether oxygens (including phenoxy) is 1. The van der Waals surface area contributed by atoms with Crippen LogP contribution in [0, 0.1) is 0 Å². The fourth-order valence-electron chi connectivity index (χ4n) is 1.67. The van der Waals surface area contributed by atoms with Gasteiger partial charge in [0.25, 0.3) is 0 Å². The van der Waals surface area contributed by atoms with Gasteiger partial charge in [-0.25, -0.2) is 0 Å². The molecule has 1 fully saturated rings. The Morgan fingerprint density at radius 2 is 2.47 bits per heavy atom. The Balaban J connectivity index is 2.32. The van der Waals surface area contributed by atoms with Gasteiger partial charge in [-0.3, -0.25) is 4.79 Å². The van der Waals surface area contributed by atoms with E-state index in [0.29, 0.717) is 6.54 Å². The van der Waals surface area contributed by atoms with E-state index in [1.54, 1.807) is 0 Å². The number of hydrogen-bond donors (Lipinski definition) is 2. The van der Waals surface area contributed by atoms with E-state index in [9.17, 15) is 4.79 Å². The van der Waals surface area contributed by atoms with Crippen LogP contribution in [0.2, 0.25) is 0 Å². The first-order chi connectivity index (χ1) is 7.11. The van der Waals surface area contributed by atoms with Gasteiger partial charge >= 0.3 is 0 Å². The summed E-state index contributed by atoms with van der Waals surface area (Å²) in [6.45, 7) is 3.12. The number of amides is 1. The number of nitrogens with one attached hydrogen (secondary N) is 1. The van der Waals surface area contributed by atoms with E-state index >= 15 is 0 Å². The minimum absolute atomic E-state index is 0.103. The monoisotopic (exact) mass is 232 g/mol. The van der Waals surface area contributed by atoms with E-state index < -0.39 is 6.10 Å². The molecule has 1 saturated heterocycles. The first-order valence-electron chi connectivity index (χ1n) is 5.26. The lowest BCUT2D eigenvalue weighted by Crippen LogP contribution is -2.45. The van der Waals surface area contributed by atoms with Crippen molar-refractivity contribution in [1.82, 2.24) is 5.32 Å². The molecule has 1 aliphatic rings. The Hall–Kier alpha value is -0.260. The number of rotatable bonds is 5. The van der Waals surface area contributed by atoms with Crippen molar-refractivity contribution in [3.05, 3.63) is 0 Å². The molecule has 88 valence electrons. The topological polar surface area (TPSA) is 64.3 Å². The highest BCUT2D eigenvalue weighted by Gasteiger charge is 2.30. The Bertz CT molecular complexity index is 213. The van der Waals surface area contributed by atoms with Crippen LogP contribution >= 0.6 is 11.8 Å². The standard InChI is InChI=1S/C10H20N2O2S/c1-10(4-3-5-15-10)7-12-9(13)8(6-11)14-2/h8H,3-7,11H2,1-2H3,(H,12,13). The second-order valence-corrected chi connectivity index (χ2v) is 5.76. The molecule has 2 atom stereocenters. The van der Waals surface area contributed by atoms with Crippen molar-refractivity contribution in [1.29, 1.82) is 0 Å². The van der Waals surface area contributed by atoms with Crippen LogP contribution in [0.5, 0.6) is 0 Å². The van der Waals surface area contributed by atoms with Gasteiger partial charge in [0.05, 0.1) is 0 Å². The van der Waals surface area contributed by atoms with E-state index in [0.717, 1.165) is 6.42 Å². The normalized spacial score (nSPS) is 27.7. The lowest BCUT2D eigenvalue weighted by molar-refractivity contribution is -0.130. The first kappa shape index (κ1) is 12.8. The molecule has 1 amide bonds. The minimum atomic E-state index is -0.514. The smallest absolute Gasteiger partial charge is 0.250 e. The molecule has 0 spiro atoms. The molecule has 5 heteroatoms. The molecule has 0 saturated carbocycles. The average molecular weight is 232 g/mol. The van der Waals surface area contributed by atoms with Crippen LogP contribution in [-0.2, 0) is 9.53 Å². The van der Waals surface area contributed by atoms with Crippen LogP contribution in [0.15, 0.2) is 0 Å². The Morgan fingerprint density at radius 1 is 1.73 bits per heavy atom. The molecular formula is C10H20N2O2S. The van der Waals surface area contributed by atoms with Crippen LogP contribution in [0.3, 0.4) is 0 Å². The minimum Gasteiger partial charge on any atom is -0.370 e. The van der Waals surface area contributed by atoms with Crippen molar-refractivity contribution in [2.24, 2.45) is 5.73 Å².